The van der Waals surface area contributed by atoms with Crippen molar-refractivity contribution in [3.05, 3.63) is 30.0 Å². The first-order valence-corrected chi connectivity index (χ1v) is 6.07. The van der Waals surface area contributed by atoms with Crippen LogP contribution in [0.2, 0.25) is 0 Å². The van der Waals surface area contributed by atoms with Crippen molar-refractivity contribution in [2.24, 2.45) is 0 Å². The lowest BCUT2D eigenvalue weighted by Crippen LogP contribution is -2.41. The van der Waals surface area contributed by atoms with Crippen molar-refractivity contribution in [1.29, 1.82) is 0 Å². The molecule has 7 nitrogen and oxygen atoms in total. The molecule has 1 aromatic heterocycles. The summed E-state index contributed by atoms with van der Waals surface area (Å²) in [5.41, 5.74) is 1.10. The van der Waals surface area contributed by atoms with Gasteiger partial charge in [0.1, 0.15) is 6.04 Å². The lowest BCUT2D eigenvalue weighted by Gasteiger charge is -2.14. The minimum Gasteiger partial charge on any atom is -0.480 e. The summed E-state index contributed by atoms with van der Waals surface area (Å²) >= 11 is 0. The summed E-state index contributed by atoms with van der Waals surface area (Å²) in [5.74, 6) is -1.52. The number of carbonyl (C=O) groups is 2. The number of nitrogens with zero attached hydrogens (tertiary/aromatic N) is 1. The normalized spacial score (nSPS) is 12.2. The lowest BCUT2D eigenvalue weighted by atomic mass is 10.1. The molecule has 0 bridgehead atoms. The van der Waals surface area contributed by atoms with E-state index in [9.17, 15) is 9.59 Å². The van der Waals surface area contributed by atoms with Gasteiger partial charge in [-0.15, -0.1) is 0 Å². The molecule has 1 unspecified atom stereocenters. The van der Waals surface area contributed by atoms with Crippen LogP contribution in [0.5, 0.6) is 0 Å². The fourth-order valence-corrected chi connectivity index (χ4v) is 1.81. The predicted molar refractivity (Wildman–Crippen MR) is 71.5 cm³/mol. The Morgan fingerprint density at radius 2 is 2.30 bits per heavy atom. The molecule has 1 amide bonds. The Hall–Kier alpha value is -2.41. The number of carboxylic acids is 1. The summed E-state index contributed by atoms with van der Waals surface area (Å²) in [6.45, 7) is 0.261. The summed E-state index contributed by atoms with van der Waals surface area (Å²) < 4.78 is 4.83. The van der Waals surface area contributed by atoms with E-state index in [0.29, 0.717) is 5.56 Å². The van der Waals surface area contributed by atoms with Gasteiger partial charge in [0, 0.05) is 31.1 Å². The summed E-state index contributed by atoms with van der Waals surface area (Å²) in [7, 11) is 1.48. The van der Waals surface area contributed by atoms with Gasteiger partial charge in [0.25, 0.3) is 5.91 Å². The number of rotatable bonds is 6. The second-order valence-electron chi connectivity index (χ2n) is 4.32. The number of hydrogen-bond donors (Lipinski definition) is 3. The van der Waals surface area contributed by atoms with Gasteiger partial charge in [0.15, 0.2) is 0 Å². The Kier molecular flexibility index (Phi) is 4.31. The SMILES string of the molecule is COCCC(NC(=O)c1ccc2cn[nH]c2c1)C(=O)O. The van der Waals surface area contributed by atoms with Crippen molar-refractivity contribution in [2.75, 3.05) is 13.7 Å². The number of nitrogens with one attached hydrogen (secondary N) is 2. The molecular weight excluding hydrogens is 262 g/mol. The zero-order valence-corrected chi connectivity index (χ0v) is 10.9. The van der Waals surface area contributed by atoms with E-state index >= 15 is 0 Å². The number of fused-ring (bicyclic) bond motifs is 1. The second kappa shape index (κ2) is 6.16. The Morgan fingerprint density at radius 3 is 3.00 bits per heavy atom. The van der Waals surface area contributed by atoms with Crippen molar-refractivity contribution < 1.29 is 19.4 Å². The van der Waals surface area contributed by atoms with Gasteiger partial charge >= 0.3 is 5.97 Å². The summed E-state index contributed by atoms with van der Waals surface area (Å²) in [6, 6.07) is 4.04. The van der Waals surface area contributed by atoms with E-state index in [1.165, 1.54) is 7.11 Å². The number of hydrogen-bond acceptors (Lipinski definition) is 4. The average Bonchev–Trinajstić information content (AvgIpc) is 2.90. The zero-order chi connectivity index (χ0) is 14.5. The van der Waals surface area contributed by atoms with Gasteiger partial charge < -0.3 is 15.2 Å². The quantitative estimate of drug-likeness (QED) is 0.724. The number of ether oxygens (including phenoxy) is 1. The largest absolute Gasteiger partial charge is 0.480 e. The van der Waals surface area contributed by atoms with Crippen molar-refractivity contribution in [1.82, 2.24) is 15.5 Å². The molecule has 1 heterocycles. The highest BCUT2D eigenvalue weighted by Crippen LogP contribution is 2.13. The fourth-order valence-electron chi connectivity index (χ4n) is 1.81. The molecule has 7 heteroatoms. The van der Waals surface area contributed by atoms with Gasteiger partial charge in [-0.3, -0.25) is 9.89 Å². The van der Waals surface area contributed by atoms with E-state index in [2.05, 4.69) is 15.5 Å². The molecule has 20 heavy (non-hydrogen) atoms. The van der Waals surface area contributed by atoms with E-state index in [4.69, 9.17) is 9.84 Å². The van der Waals surface area contributed by atoms with Crippen LogP contribution in [0, 0.1) is 0 Å². The highest BCUT2D eigenvalue weighted by Gasteiger charge is 2.20. The molecule has 0 saturated heterocycles. The number of H-pyrrole nitrogens is 1. The Labute approximate surface area is 114 Å². The molecule has 2 aromatic rings. The van der Waals surface area contributed by atoms with Crippen LogP contribution < -0.4 is 5.32 Å². The van der Waals surface area contributed by atoms with Gasteiger partial charge in [-0.05, 0) is 12.1 Å². The Bertz CT molecular complexity index is 623. The Morgan fingerprint density at radius 1 is 1.50 bits per heavy atom. The minimum atomic E-state index is -1.09. The summed E-state index contributed by atoms with van der Waals surface area (Å²) in [4.78, 5) is 23.1. The first-order chi connectivity index (χ1) is 9.61. The third kappa shape index (κ3) is 3.12. The fraction of sp³-hybridized carbons (Fsp3) is 0.308. The minimum absolute atomic E-state index is 0.212. The third-order valence-electron chi connectivity index (χ3n) is 2.92. The van der Waals surface area contributed by atoms with Gasteiger partial charge in [0.05, 0.1) is 11.7 Å². The zero-order valence-electron chi connectivity index (χ0n) is 10.9. The van der Waals surface area contributed by atoms with Gasteiger partial charge in [-0.2, -0.15) is 5.10 Å². The number of amides is 1. The Balaban J connectivity index is 2.10. The first-order valence-electron chi connectivity index (χ1n) is 6.07. The number of carbonyl (C=O) groups excluding carboxylic acids is 1. The highest BCUT2D eigenvalue weighted by atomic mass is 16.5. The van der Waals surface area contributed by atoms with Crippen LogP contribution in [-0.2, 0) is 9.53 Å². The van der Waals surface area contributed by atoms with Crippen molar-refractivity contribution in [3.63, 3.8) is 0 Å². The van der Waals surface area contributed by atoms with Crippen LogP contribution in [0.1, 0.15) is 16.8 Å². The molecule has 0 aliphatic rings. The molecule has 3 N–H and O–H groups in total. The van der Waals surface area contributed by atoms with Crippen LogP contribution in [0.4, 0.5) is 0 Å². The predicted octanol–water partition coefficient (Wildman–Crippen LogP) is 0.782. The van der Waals surface area contributed by atoms with Crippen molar-refractivity contribution in [3.8, 4) is 0 Å². The summed E-state index contributed by atoms with van der Waals surface area (Å²) in [5, 5.41) is 19.0. The van der Waals surface area contributed by atoms with Crippen LogP contribution in [-0.4, -0.2) is 46.9 Å². The molecule has 1 aromatic carbocycles. The molecular formula is C13H15N3O4. The van der Waals surface area contributed by atoms with Crippen molar-refractivity contribution >= 4 is 22.8 Å². The maximum Gasteiger partial charge on any atom is 0.326 e. The monoisotopic (exact) mass is 277 g/mol. The number of aromatic amines is 1. The number of aromatic nitrogens is 2. The van der Waals surface area contributed by atoms with Crippen molar-refractivity contribution in [2.45, 2.75) is 12.5 Å². The van der Waals surface area contributed by atoms with E-state index in [1.807, 2.05) is 0 Å². The third-order valence-corrected chi connectivity index (χ3v) is 2.92. The number of aliphatic carboxylic acids is 1. The molecule has 0 radical (unpaired) electrons. The number of carboxylic acid groups (broad SMARTS) is 1. The summed E-state index contributed by atoms with van der Waals surface area (Å²) in [6.07, 6.45) is 1.86. The molecule has 0 spiro atoms. The lowest BCUT2D eigenvalue weighted by molar-refractivity contribution is -0.139. The molecule has 2 rings (SSSR count). The smallest absolute Gasteiger partial charge is 0.326 e. The molecule has 0 fully saturated rings. The molecule has 1 atom stereocenters. The van der Waals surface area contributed by atoms with Gasteiger partial charge in [0.2, 0.25) is 0 Å². The van der Waals surface area contributed by atoms with Gasteiger partial charge in [-0.25, -0.2) is 4.79 Å². The van der Waals surface area contributed by atoms with Crippen LogP contribution >= 0.6 is 0 Å². The van der Waals surface area contributed by atoms with E-state index < -0.39 is 17.9 Å². The van der Waals surface area contributed by atoms with Crippen LogP contribution in [0.25, 0.3) is 10.9 Å². The maximum atomic E-state index is 12.0. The number of methoxy groups -OCH3 is 1. The molecule has 0 saturated carbocycles. The molecule has 0 aliphatic heterocycles. The van der Waals surface area contributed by atoms with E-state index in [1.54, 1.807) is 24.4 Å². The topological polar surface area (TPSA) is 104 Å². The maximum absolute atomic E-state index is 12.0. The van der Waals surface area contributed by atoms with Gasteiger partial charge in [-0.1, -0.05) is 6.07 Å². The van der Waals surface area contributed by atoms with E-state index in [0.717, 1.165) is 10.9 Å². The molecule has 0 aliphatic carbocycles. The van der Waals surface area contributed by atoms with Crippen LogP contribution in [0.3, 0.4) is 0 Å². The second-order valence-corrected chi connectivity index (χ2v) is 4.32. The average molecular weight is 277 g/mol. The standard InChI is InChI=1S/C13H15N3O4/c1-20-5-4-10(13(18)19)15-12(17)8-2-3-9-7-14-16-11(9)6-8/h2-3,6-7,10H,4-5H2,1H3,(H,14,16)(H,15,17)(H,18,19). The van der Waals surface area contributed by atoms with E-state index in [-0.39, 0.29) is 13.0 Å². The highest BCUT2D eigenvalue weighted by molar-refractivity contribution is 5.99. The number of benzene rings is 1. The molecule has 106 valence electrons. The first kappa shape index (κ1) is 14.0. The van der Waals surface area contributed by atoms with Crippen LogP contribution in [0.15, 0.2) is 24.4 Å².